The maximum absolute atomic E-state index is 5.70. The number of nitrogens with one attached hydrogen (secondary N) is 1. The van der Waals surface area contributed by atoms with Gasteiger partial charge in [0.05, 0.1) is 6.04 Å². The first-order valence-electron chi connectivity index (χ1n) is 4.67. The fourth-order valence-corrected chi connectivity index (χ4v) is 1.93. The van der Waals surface area contributed by atoms with E-state index >= 15 is 0 Å². The number of aryl methyl sites for hydroxylation is 1. The lowest BCUT2D eigenvalue weighted by molar-refractivity contribution is 0.214. The van der Waals surface area contributed by atoms with Crippen molar-refractivity contribution in [3.8, 4) is 5.75 Å². The van der Waals surface area contributed by atoms with E-state index in [9.17, 15) is 0 Å². The molecule has 0 saturated carbocycles. The highest BCUT2D eigenvalue weighted by atomic mass is 16.5. The van der Waals surface area contributed by atoms with Crippen molar-refractivity contribution in [3.05, 3.63) is 29.3 Å². The van der Waals surface area contributed by atoms with Crippen molar-refractivity contribution >= 4 is 0 Å². The molecule has 1 heterocycles. The number of fused-ring (bicyclic) bond motifs is 1. The van der Waals surface area contributed by atoms with Crippen molar-refractivity contribution in [2.24, 2.45) is 0 Å². The van der Waals surface area contributed by atoms with Crippen LogP contribution in [0.1, 0.15) is 24.1 Å². The summed E-state index contributed by atoms with van der Waals surface area (Å²) in [5.74, 6) is 1.03. The summed E-state index contributed by atoms with van der Waals surface area (Å²) in [6.45, 7) is 4.20. The Labute approximate surface area is 78.9 Å². The zero-order valence-corrected chi connectivity index (χ0v) is 8.29. The molecule has 0 aromatic heterocycles. The number of likely N-dealkylation sites (N-methyl/N-ethyl adjacent to an activating group) is 1. The quantitative estimate of drug-likeness (QED) is 0.708. The predicted molar refractivity (Wildman–Crippen MR) is 53.1 cm³/mol. The van der Waals surface area contributed by atoms with Crippen LogP contribution in [-0.4, -0.2) is 13.2 Å². The first-order valence-corrected chi connectivity index (χ1v) is 4.67. The van der Waals surface area contributed by atoms with Gasteiger partial charge in [0.15, 0.2) is 0 Å². The van der Waals surface area contributed by atoms with Crippen LogP contribution < -0.4 is 10.1 Å². The van der Waals surface area contributed by atoms with E-state index in [0.29, 0.717) is 6.04 Å². The molecule has 2 nitrogen and oxygen atoms in total. The summed E-state index contributed by atoms with van der Waals surface area (Å²) in [5.41, 5.74) is 2.58. The summed E-state index contributed by atoms with van der Waals surface area (Å²) in [7, 11) is 1.97. The molecule has 0 bridgehead atoms. The van der Waals surface area contributed by atoms with Crippen LogP contribution in [0.3, 0.4) is 0 Å². The predicted octanol–water partition coefficient (Wildman–Crippen LogP) is 2.04. The molecule has 1 aromatic carbocycles. The number of hydrogen-bond donors (Lipinski definition) is 1. The summed E-state index contributed by atoms with van der Waals surface area (Å²) < 4.78 is 5.70. The van der Waals surface area contributed by atoms with E-state index in [0.717, 1.165) is 5.75 Å². The SMILES string of the molecule is CNC1c2cc(C)ccc2OC1C. The summed E-state index contributed by atoms with van der Waals surface area (Å²) >= 11 is 0. The Morgan fingerprint density at radius 3 is 2.85 bits per heavy atom. The van der Waals surface area contributed by atoms with Gasteiger partial charge in [-0.25, -0.2) is 0 Å². The van der Waals surface area contributed by atoms with Crippen molar-refractivity contribution < 1.29 is 4.74 Å². The molecule has 2 heteroatoms. The Kier molecular flexibility index (Phi) is 2.00. The van der Waals surface area contributed by atoms with E-state index in [-0.39, 0.29) is 6.10 Å². The Morgan fingerprint density at radius 2 is 2.15 bits per heavy atom. The van der Waals surface area contributed by atoms with E-state index in [2.05, 4.69) is 37.4 Å². The molecule has 0 aliphatic carbocycles. The molecule has 70 valence electrons. The molecule has 2 unspecified atom stereocenters. The first-order chi connectivity index (χ1) is 6.22. The minimum atomic E-state index is 0.238. The van der Waals surface area contributed by atoms with Crippen LogP contribution in [0.25, 0.3) is 0 Å². The van der Waals surface area contributed by atoms with Crippen LogP contribution in [-0.2, 0) is 0 Å². The minimum absolute atomic E-state index is 0.238. The zero-order valence-electron chi connectivity index (χ0n) is 8.29. The van der Waals surface area contributed by atoms with Crippen molar-refractivity contribution in [3.63, 3.8) is 0 Å². The van der Waals surface area contributed by atoms with Gasteiger partial charge in [-0.05, 0) is 27.0 Å². The average molecular weight is 177 g/mol. The van der Waals surface area contributed by atoms with Crippen molar-refractivity contribution in [1.82, 2.24) is 5.32 Å². The average Bonchev–Trinajstić information content (AvgIpc) is 2.40. The largest absolute Gasteiger partial charge is 0.488 e. The van der Waals surface area contributed by atoms with Crippen LogP contribution in [0.5, 0.6) is 5.75 Å². The van der Waals surface area contributed by atoms with Crippen LogP contribution >= 0.6 is 0 Å². The summed E-state index contributed by atoms with van der Waals surface area (Å²) in [6.07, 6.45) is 0.238. The monoisotopic (exact) mass is 177 g/mol. The molecule has 13 heavy (non-hydrogen) atoms. The smallest absolute Gasteiger partial charge is 0.124 e. The fourth-order valence-electron chi connectivity index (χ4n) is 1.93. The lowest BCUT2D eigenvalue weighted by atomic mass is 10.0. The normalized spacial score (nSPS) is 25.5. The van der Waals surface area contributed by atoms with Crippen LogP contribution in [0, 0.1) is 6.92 Å². The van der Waals surface area contributed by atoms with Crippen molar-refractivity contribution in [2.45, 2.75) is 26.0 Å². The topological polar surface area (TPSA) is 21.3 Å². The van der Waals surface area contributed by atoms with Crippen LogP contribution in [0.4, 0.5) is 0 Å². The maximum Gasteiger partial charge on any atom is 0.124 e. The summed E-state index contributed by atoms with van der Waals surface area (Å²) in [5, 5.41) is 3.27. The van der Waals surface area contributed by atoms with Gasteiger partial charge >= 0.3 is 0 Å². The van der Waals surface area contributed by atoms with Gasteiger partial charge in [-0.2, -0.15) is 0 Å². The third kappa shape index (κ3) is 1.31. The van der Waals surface area contributed by atoms with E-state index in [1.54, 1.807) is 0 Å². The molecule has 1 aliphatic heterocycles. The Morgan fingerprint density at radius 1 is 1.38 bits per heavy atom. The van der Waals surface area contributed by atoms with E-state index in [1.165, 1.54) is 11.1 Å². The first kappa shape index (κ1) is 8.57. The number of hydrogen-bond acceptors (Lipinski definition) is 2. The number of rotatable bonds is 1. The molecular formula is C11H15NO. The van der Waals surface area contributed by atoms with Crippen molar-refractivity contribution in [2.75, 3.05) is 7.05 Å². The second kappa shape index (κ2) is 3.04. The molecule has 0 saturated heterocycles. The van der Waals surface area contributed by atoms with E-state index < -0.39 is 0 Å². The molecule has 0 amide bonds. The van der Waals surface area contributed by atoms with E-state index in [1.807, 2.05) is 7.05 Å². The lowest BCUT2D eigenvalue weighted by Crippen LogP contribution is -2.25. The molecular weight excluding hydrogens is 162 g/mol. The molecule has 0 radical (unpaired) electrons. The van der Waals surface area contributed by atoms with Gasteiger partial charge in [-0.3, -0.25) is 0 Å². The molecule has 0 fully saturated rings. The Hall–Kier alpha value is -1.02. The third-order valence-corrected chi connectivity index (χ3v) is 2.59. The third-order valence-electron chi connectivity index (χ3n) is 2.59. The standard InChI is InChI=1S/C11H15NO/c1-7-4-5-10-9(6-7)11(12-3)8(2)13-10/h4-6,8,11-12H,1-3H3. The zero-order chi connectivity index (χ0) is 9.42. The van der Waals surface area contributed by atoms with Crippen molar-refractivity contribution in [1.29, 1.82) is 0 Å². The van der Waals surface area contributed by atoms with Crippen LogP contribution in [0.2, 0.25) is 0 Å². The summed E-state index contributed by atoms with van der Waals surface area (Å²) in [6, 6.07) is 6.68. The second-order valence-corrected chi connectivity index (χ2v) is 3.63. The molecule has 2 rings (SSSR count). The highest BCUT2D eigenvalue weighted by Gasteiger charge is 2.29. The summed E-state index contributed by atoms with van der Waals surface area (Å²) in [4.78, 5) is 0. The maximum atomic E-state index is 5.70. The number of benzene rings is 1. The lowest BCUT2D eigenvalue weighted by Gasteiger charge is -2.12. The van der Waals surface area contributed by atoms with Gasteiger partial charge in [0, 0.05) is 5.56 Å². The molecule has 1 aromatic rings. The van der Waals surface area contributed by atoms with Gasteiger partial charge in [0.25, 0.3) is 0 Å². The Balaban J connectivity index is 2.44. The molecule has 1 aliphatic rings. The van der Waals surface area contributed by atoms with Gasteiger partial charge in [-0.15, -0.1) is 0 Å². The molecule has 2 atom stereocenters. The number of ether oxygens (including phenoxy) is 1. The molecule has 0 spiro atoms. The van der Waals surface area contributed by atoms with Gasteiger partial charge in [-0.1, -0.05) is 17.7 Å². The van der Waals surface area contributed by atoms with Gasteiger partial charge in [0.1, 0.15) is 11.9 Å². The van der Waals surface area contributed by atoms with Gasteiger partial charge < -0.3 is 10.1 Å². The highest BCUT2D eigenvalue weighted by Crippen LogP contribution is 2.36. The van der Waals surface area contributed by atoms with Crippen LogP contribution in [0.15, 0.2) is 18.2 Å². The Bertz CT molecular complexity index is 322. The minimum Gasteiger partial charge on any atom is -0.488 e. The van der Waals surface area contributed by atoms with Gasteiger partial charge in [0.2, 0.25) is 0 Å². The molecule has 1 N–H and O–H groups in total. The highest BCUT2D eigenvalue weighted by molar-refractivity contribution is 5.42. The fraction of sp³-hybridized carbons (Fsp3) is 0.455. The van der Waals surface area contributed by atoms with E-state index in [4.69, 9.17) is 4.74 Å². The second-order valence-electron chi connectivity index (χ2n) is 3.63.